The van der Waals surface area contributed by atoms with Crippen LogP contribution >= 0.6 is 0 Å². The molecule has 1 atom stereocenters. The number of hydroxylamine groups is 2. The molecule has 1 unspecified atom stereocenters. The Morgan fingerprint density at radius 3 is 2.43 bits per heavy atom. The lowest BCUT2D eigenvalue weighted by Gasteiger charge is -2.45. The van der Waals surface area contributed by atoms with Crippen molar-refractivity contribution < 1.29 is 27.9 Å². The summed E-state index contributed by atoms with van der Waals surface area (Å²) in [5.74, 6) is -8.50. The van der Waals surface area contributed by atoms with E-state index in [1.165, 1.54) is 0 Å². The SMILES string of the molecule is Cc1c(F)c(F)c(N)c2c1[N+]([O-])(C1(F)CC1)C=C(C(=O)O)C2=O. The number of fused-ring (bicyclic) bond motifs is 1. The van der Waals surface area contributed by atoms with Crippen LogP contribution in [0.1, 0.15) is 28.8 Å². The minimum Gasteiger partial charge on any atom is -0.620 e. The number of carbonyl (C=O) groups excluding carboxylic acids is 1. The molecule has 1 saturated carbocycles. The average molecular weight is 328 g/mol. The highest BCUT2D eigenvalue weighted by Crippen LogP contribution is 2.55. The molecule has 1 fully saturated rings. The quantitative estimate of drug-likeness (QED) is 0.285. The molecule has 0 aromatic heterocycles. The van der Waals surface area contributed by atoms with Crippen LogP contribution in [0, 0.1) is 23.8 Å². The van der Waals surface area contributed by atoms with Crippen molar-refractivity contribution in [3.8, 4) is 0 Å². The van der Waals surface area contributed by atoms with Gasteiger partial charge in [-0.25, -0.2) is 13.6 Å². The number of hydrogen-bond donors (Lipinski definition) is 2. The minimum absolute atomic E-state index is 0.203. The third-order valence-corrected chi connectivity index (χ3v) is 4.22. The minimum atomic E-state index is -2.43. The Labute approximate surface area is 127 Å². The molecule has 1 aromatic rings. The van der Waals surface area contributed by atoms with Gasteiger partial charge in [0.15, 0.2) is 22.9 Å². The third kappa shape index (κ3) is 1.77. The number of benzene rings is 1. The van der Waals surface area contributed by atoms with Crippen LogP contribution in [0.3, 0.4) is 0 Å². The molecule has 6 nitrogen and oxygen atoms in total. The molecule has 122 valence electrons. The predicted molar refractivity (Wildman–Crippen MR) is 73.8 cm³/mol. The summed E-state index contributed by atoms with van der Waals surface area (Å²) in [5, 5.41) is 22.1. The van der Waals surface area contributed by atoms with Gasteiger partial charge in [-0.3, -0.25) is 9.44 Å². The van der Waals surface area contributed by atoms with Gasteiger partial charge in [0.2, 0.25) is 5.78 Å². The Kier molecular flexibility index (Phi) is 2.92. The van der Waals surface area contributed by atoms with Gasteiger partial charge in [-0.05, 0) is 6.92 Å². The van der Waals surface area contributed by atoms with Crippen LogP contribution in [0.4, 0.5) is 24.5 Å². The van der Waals surface area contributed by atoms with Gasteiger partial charge in [0.25, 0.3) is 5.79 Å². The number of carboxylic acids is 1. The first kappa shape index (κ1) is 15.5. The second-order valence-corrected chi connectivity index (χ2v) is 5.64. The van der Waals surface area contributed by atoms with Crippen LogP contribution in [0.2, 0.25) is 0 Å². The topological polar surface area (TPSA) is 103 Å². The first-order valence-electron chi connectivity index (χ1n) is 6.62. The largest absolute Gasteiger partial charge is 0.620 e. The van der Waals surface area contributed by atoms with Gasteiger partial charge in [-0.1, -0.05) is 0 Å². The number of aliphatic carboxylic acids is 1. The van der Waals surface area contributed by atoms with E-state index in [0.717, 1.165) is 6.92 Å². The summed E-state index contributed by atoms with van der Waals surface area (Å²) in [6, 6.07) is 0. The number of nitrogens with two attached hydrogens (primary N) is 1. The maximum atomic E-state index is 14.6. The van der Waals surface area contributed by atoms with Crippen molar-refractivity contribution in [1.29, 1.82) is 0 Å². The Morgan fingerprint density at radius 1 is 1.39 bits per heavy atom. The zero-order chi connectivity index (χ0) is 17.3. The summed E-state index contributed by atoms with van der Waals surface area (Å²) in [4.78, 5) is 23.4. The lowest BCUT2D eigenvalue weighted by Crippen LogP contribution is -2.51. The molecule has 1 heterocycles. The van der Waals surface area contributed by atoms with E-state index in [2.05, 4.69) is 0 Å². The zero-order valence-corrected chi connectivity index (χ0v) is 11.8. The predicted octanol–water partition coefficient (Wildman–Crippen LogP) is 2.28. The van der Waals surface area contributed by atoms with E-state index in [1.54, 1.807) is 0 Å². The number of Topliss-reactive ketones (excluding diaryl/α,β-unsaturated/α-hetero) is 1. The molecule has 0 spiro atoms. The van der Waals surface area contributed by atoms with Crippen LogP contribution in [0.25, 0.3) is 0 Å². The highest BCUT2D eigenvalue weighted by molar-refractivity contribution is 6.28. The highest BCUT2D eigenvalue weighted by atomic mass is 19.2. The second kappa shape index (κ2) is 4.33. The standard InChI is InChI=1S/C14H11F3N2O4/c1-5-8(15)9(16)10(18)7-11(5)19(23,14(17)2-3-14)4-6(12(7)20)13(21)22/h4H,2-3,18H2,1H3,(H,21,22). The lowest BCUT2D eigenvalue weighted by atomic mass is 9.92. The molecule has 1 aliphatic carbocycles. The summed E-state index contributed by atoms with van der Waals surface area (Å²) in [6.07, 6.45) is -0.0124. The molecule has 3 rings (SSSR count). The number of anilines is 1. The number of halogens is 3. The molecule has 0 bridgehead atoms. The van der Waals surface area contributed by atoms with E-state index in [-0.39, 0.29) is 12.8 Å². The number of quaternary nitrogens is 1. The van der Waals surface area contributed by atoms with Crippen molar-refractivity contribution in [2.45, 2.75) is 25.6 Å². The molecule has 0 saturated heterocycles. The van der Waals surface area contributed by atoms with Crippen LogP contribution < -0.4 is 10.4 Å². The number of alkyl halides is 1. The van der Waals surface area contributed by atoms with Crippen molar-refractivity contribution >= 4 is 23.1 Å². The van der Waals surface area contributed by atoms with Crippen molar-refractivity contribution in [3.05, 3.63) is 39.7 Å². The van der Waals surface area contributed by atoms with Gasteiger partial charge < -0.3 is 16.0 Å². The van der Waals surface area contributed by atoms with Gasteiger partial charge in [0, 0.05) is 12.8 Å². The fourth-order valence-corrected chi connectivity index (χ4v) is 2.80. The number of rotatable bonds is 2. The van der Waals surface area contributed by atoms with Crippen molar-refractivity contribution in [2.75, 3.05) is 5.73 Å². The monoisotopic (exact) mass is 328 g/mol. The number of carbonyl (C=O) groups is 2. The molecule has 0 amide bonds. The number of hydrogen-bond acceptors (Lipinski definition) is 4. The maximum absolute atomic E-state index is 14.6. The summed E-state index contributed by atoms with van der Waals surface area (Å²) in [7, 11) is 0. The molecule has 3 N–H and O–H groups in total. The third-order valence-electron chi connectivity index (χ3n) is 4.22. The second-order valence-electron chi connectivity index (χ2n) is 5.64. The van der Waals surface area contributed by atoms with Crippen LogP contribution in [-0.4, -0.2) is 22.7 Å². The first-order valence-corrected chi connectivity index (χ1v) is 6.62. The van der Waals surface area contributed by atoms with Crippen molar-refractivity contribution in [1.82, 2.24) is 4.65 Å². The number of nitrogen functional groups attached to an aromatic ring is 1. The van der Waals surface area contributed by atoms with Gasteiger partial charge in [0.05, 0.1) is 11.3 Å². The molecular weight excluding hydrogens is 317 g/mol. The first-order chi connectivity index (χ1) is 10.5. The number of ketones is 1. The van der Waals surface area contributed by atoms with E-state index in [4.69, 9.17) is 10.8 Å². The number of nitrogens with zero attached hydrogens (tertiary/aromatic N) is 1. The van der Waals surface area contributed by atoms with E-state index in [1.807, 2.05) is 0 Å². The van der Waals surface area contributed by atoms with Crippen LogP contribution in [-0.2, 0) is 4.79 Å². The Balaban J connectivity index is 2.46. The van der Waals surface area contributed by atoms with Gasteiger partial charge in [0.1, 0.15) is 11.8 Å². The average Bonchev–Trinajstić information content (AvgIpc) is 3.23. The summed E-state index contributed by atoms with van der Waals surface area (Å²) in [6.45, 7) is 1.01. The smallest absolute Gasteiger partial charge is 0.345 e. The van der Waals surface area contributed by atoms with Crippen molar-refractivity contribution in [3.63, 3.8) is 0 Å². The summed E-state index contributed by atoms with van der Waals surface area (Å²) < 4.78 is 40.4. The summed E-state index contributed by atoms with van der Waals surface area (Å²) in [5.41, 5.74) is 1.32. The molecule has 1 aromatic carbocycles. The van der Waals surface area contributed by atoms with Gasteiger partial charge in [-0.2, -0.15) is 4.39 Å². The lowest BCUT2D eigenvalue weighted by molar-refractivity contribution is -0.132. The normalized spacial score (nSPS) is 24.9. The molecule has 0 radical (unpaired) electrons. The maximum Gasteiger partial charge on any atom is 0.345 e. The van der Waals surface area contributed by atoms with E-state index in [9.17, 15) is 28.0 Å². The highest BCUT2D eigenvalue weighted by Gasteiger charge is 2.62. The van der Waals surface area contributed by atoms with E-state index in [0.29, 0.717) is 6.20 Å². The molecule has 9 heteroatoms. The fraction of sp³-hybridized carbons (Fsp3) is 0.286. The Hall–Kier alpha value is -2.39. The molecule has 2 aliphatic rings. The van der Waals surface area contributed by atoms with Crippen molar-refractivity contribution in [2.24, 2.45) is 0 Å². The van der Waals surface area contributed by atoms with E-state index < -0.39 is 61.9 Å². The van der Waals surface area contributed by atoms with Crippen LogP contribution in [0.5, 0.6) is 0 Å². The summed E-state index contributed by atoms with van der Waals surface area (Å²) >= 11 is 0. The molecule has 1 aliphatic heterocycles. The Morgan fingerprint density at radius 2 is 1.96 bits per heavy atom. The zero-order valence-electron chi connectivity index (χ0n) is 11.8. The van der Waals surface area contributed by atoms with Gasteiger partial charge in [-0.15, -0.1) is 0 Å². The Bertz CT molecular complexity index is 817. The van der Waals surface area contributed by atoms with Gasteiger partial charge >= 0.3 is 5.97 Å². The van der Waals surface area contributed by atoms with Crippen LogP contribution in [0.15, 0.2) is 11.8 Å². The fourth-order valence-electron chi connectivity index (χ4n) is 2.80. The number of carboxylic acid groups (broad SMARTS) is 1. The van der Waals surface area contributed by atoms with E-state index >= 15 is 0 Å². The molecular formula is C14H11F3N2O4. The molecule has 23 heavy (non-hydrogen) atoms.